The van der Waals surface area contributed by atoms with Crippen molar-refractivity contribution in [2.45, 2.75) is 25.4 Å². The fraction of sp³-hybridized carbons (Fsp3) is 0.300. The van der Waals surface area contributed by atoms with Gasteiger partial charge in [0.05, 0.1) is 26.3 Å². The second kappa shape index (κ2) is 6.71. The number of hydrogen-bond donors (Lipinski definition) is 1. The maximum atomic E-state index is 13.2. The summed E-state index contributed by atoms with van der Waals surface area (Å²) in [5.41, 5.74) is 2.26. The molecule has 0 unspecified atom stereocenters. The van der Waals surface area contributed by atoms with Gasteiger partial charge in [-0.2, -0.15) is 5.10 Å². The second-order valence-electron chi connectivity index (χ2n) is 6.46. The number of aromatic nitrogens is 2. The van der Waals surface area contributed by atoms with Crippen LogP contribution in [0.3, 0.4) is 0 Å². The van der Waals surface area contributed by atoms with Gasteiger partial charge >= 0.3 is 0 Å². The topological polar surface area (TPSA) is 67.5 Å². The monoisotopic (exact) mass is 351 g/mol. The molecule has 1 aliphatic rings. The van der Waals surface area contributed by atoms with Gasteiger partial charge in [-0.25, -0.2) is 0 Å². The maximum absolute atomic E-state index is 13.2. The van der Waals surface area contributed by atoms with Crippen LogP contribution in [0.2, 0.25) is 0 Å². The van der Waals surface area contributed by atoms with E-state index in [4.69, 9.17) is 9.47 Å². The van der Waals surface area contributed by atoms with E-state index in [1.807, 2.05) is 47.4 Å². The van der Waals surface area contributed by atoms with E-state index in [9.17, 15) is 4.79 Å². The zero-order valence-electron chi connectivity index (χ0n) is 14.9. The molecule has 2 aromatic carbocycles. The van der Waals surface area contributed by atoms with E-state index in [0.717, 1.165) is 40.8 Å². The Labute approximate surface area is 151 Å². The highest BCUT2D eigenvalue weighted by Gasteiger charge is 2.35. The number of nitrogens with zero attached hydrogens (tertiary/aromatic N) is 2. The summed E-state index contributed by atoms with van der Waals surface area (Å²) in [7, 11) is 3.26. The van der Waals surface area contributed by atoms with Crippen LogP contribution in [0.5, 0.6) is 11.5 Å². The molecule has 1 N–H and O–H groups in total. The molecule has 0 aliphatic heterocycles. The summed E-state index contributed by atoms with van der Waals surface area (Å²) in [5.74, 6) is 1.43. The van der Waals surface area contributed by atoms with Crippen molar-refractivity contribution in [3.8, 4) is 11.5 Å². The zero-order valence-corrected chi connectivity index (χ0v) is 14.9. The van der Waals surface area contributed by atoms with Crippen molar-refractivity contribution in [3.05, 3.63) is 53.7 Å². The van der Waals surface area contributed by atoms with Gasteiger partial charge in [-0.15, -0.1) is 0 Å². The molecule has 6 nitrogen and oxygen atoms in total. The standard InChI is InChI=1S/C20H21N3O3/c1-25-15-9-10-18(26-2)13(11-15)12-23(14-7-8-14)20(24)19-16-5-3-4-6-17(16)21-22-19/h3-6,9-11,14H,7-8,12H2,1-2H3,(H,21,22). The molecule has 1 saturated carbocycles. The molecule has 3 aromatic rings. The van der Waals surface area contributed by atoms with E-state index in [1.54, 1.807) is 14.2 Å². The van der Waals surface area contributed by atoms with E-state index in [1.165, 1.54) is 0 Å². The highest BCUT2D eigenvalue weighted by molar-refractivity contribution is 6.04. The molecule has 4 rings (SSSR count). The van der Waals surface area contributed by atoms with Crippen LogP contribution in [0.15, 0.2) is 42.5 Å². The van der Waals surface area contributed by atoms with Crippen LogP contribution in [-0.2, 0) is 6.54 Å². The lowest BCUT2D eigenvalue weighted by Crippen LogP contribution is -2.33. The molecular weight excluding hydrogens is 330 g/mol. The van der Waals surface area contributed by atoms with Crippen molar-refractivity contribution in [1.82, 2.24) is 15.1 Å². The molecule has 1 heterocycles. The van der Waals surface area contributed by atoms with E-state index >= 15 is 0 Å². The lowest BCUT2D eigenvalue weighted by molar-refractivity contribution is 0.0724. The Hall–Kier alpha value is -3.02. The first-order chi connectivity index (χ1) is 12.7. The van der Waals surface area contributed by atoms with Crippen molar-refractivity contribution in [2.24, 2.45) is 0 Å². The van der Waals surface area contributed by atoms with Crippen LogP contribution in [-0.4, -0.2) is 41.3 Å². The van der Waals surface area contributed by atoms with Crippen LogP contribution in [0.4, 0.5) is 0 Å². The average molecular weight is 351 g/mol. The zero-order chi connectivity index (χ0) is 18.1. The first-order valence-electron chi connectivity index (χ1n) is 8.66. The minimum Gasteiger partial charge on any atom is -0.497 e. The first-order valence-corrected chi connectivity index (χ1v) is 8.66. The number of nitrogens with one attached hydrogen (secondary N) is 1. The number of rotatable bonds is 6. The Morgan fingerprint density at radius 1 is 1.19 bits per heavy atom. The van der Waals surface area contributed by atoms with E-state index in [-0.39, 0.29) is 11.9 Å². The Bertz CT molecular complexity index is 946. The van der Waals surface area contributed by atoms with Crippen molar-refractivity contribution in [1.29, 1.82) is 0 Å². The van der Waals surface area contributed by atoms with Gasteiger partial charge in [0.2, 0.25) is 0 Å². The van der Waals surface area contributed by atoms with E-state index in [2.05, 4.69) is 10.2 Å². The second-order valence-corrected chi connectivity index (χ2v) is 6.46. The van der Waals surface area contributed by atoms with Crippen molar-refractivity contribution in [3.63, 3.8) is 0 Å². The number of aromatic amines is 1. The summed E-state index contributed by atoms with van der Waals surface area (Å²) < 4.78 is 10.8. The van der Waals surface area contributed by atoms with Gasteiger partial charge in [-0.05, 0) is 37.1 Å². The lowest BCUT2D eigenvalue weighted by Gasteiger charge is -2.23. The average Bonchev–Trinajstić information content (AvgIpc) is 3.43. The number of hydrogen-bond acceptors (Lipinski definition) is 4. The number of amides is 1. The van der Waals surface area contributed by atoms with Gasteiger partial charge < -0.3 is 14.4 Å². The summed E-state index contributed by atoms with van der Waals surface area (Å²) in [6, 6.07) is 13.6. The van der Waals surface area contributed by atoms with Crippen LogP contribution in [0.1, 0.15) is 28.9 Å². The fourth-order valence-electron chi connectivity index (χ4n) is 3.20. The Balaban J connectivity index is 1.68. The van der Waals surface area contributed by atoms with Gasteiger partial charge in [-0.1, -0.05) is 18.2 Å². The van der Waals surface area contributed by atoms with E-state index in [0.29, 0.717) is 12.2 Å². The SMILES string of the molecule is COc1ccc(OC)c(CN(C(=O)c2n[nH]c3ccccc23)C2CC2)c1. The Kier molecular flexibility index (Phi) is 4.24. The molecule has 1 aromatic heterocycles. The minimum absolute atomic E-state index is 0.0603. The fourth-order valence-corrected chi connectivity index (χ4v) is 3.20. The summed E-state index contributed by atoms with van der Waals surface area (Å²) in [4.78, 5) is 15.1. The lowest BCUT2D eigenvalue weighted by atomic mass is 10.1. The summed E-state index contributed by atoms with van der Waals surface area (Å²) in [5, 5.41) is 8.07. The summed E-state index contributed by atoms with van der Waals surface area (Å²) in [6.45, 7) is 0.463. The molecule has 0 saturated heterocycles. The number of para-hydroxylation sites is 1. The maximum Gasteiger partial charge on any atom is 0.275 e. The van der Waals surface area contributed by atoms with Gasteiger partial charge in [0.15, 0.2) is 5.69 Å². The van der Waals surface area contributed by atoms with Crippen LogP contribution < -0.4 is 9.47 Å². The minimum atomic E-state index is -0.0603. The summed E-state index contributed by atoms with van der Waals surface area (Å²) in [6.07, 6.45) is 2.03. The molecular formula is C20H21N3O3. The largest absolute Gasteiger partial charge is 0.497 e. The predicted molar refractivity (Wildman–Crippen MR) is 98.5 cm³/mol. The highest BCUT2D eigenvalue weighted by Crippen LogP contribution is 2.33. The molecule has 0 bridgehead atoms. The van der Waals surface area contributed by atoms with Crippen molar-refractivity contribution in [2.75, 3.05) is 14.2 Å². The molecule has 0 atom stereocenters. The molecule has 0 radical (unpaired) electrons. The Morgan fingerprint density at radius 3 is 2.73 bits per heavy atom. The van der Waals surface area contributed by atoms with Gasteiger partial charge in [0.25, 0.3) is 5.91 Å². The molecule has 0 spiro atoms. The predicted octanol–water partition coefficient (Wildman–Crippen LogP) is 3.38. The highest BCUT2D eigenvalue weighted by atomic mass is 16.5. The van der Waals surface area contributed by atoms with Crippen LogP contribution in [0, 0.1) is 0 Å². The Morgan fingerprint density at radius 2 is 2.00 bits per heavy atom. The first kappa shape index (κ1) is 16.4. The molecule has 26 heavy (non-hydrogen) atoms. The van der Waals surface area contributed by atoms with E-state index < -0.39 is 0 Å². The normalized spacial score (nSPS) is 13.6. The number of carbonyl (C=O) groups excluding carboxylic acids is 1. The third-order valence-electron chi connectivity index (χ3n) is 4.75. The third-order valence-corrected chi connectivity index (χ3v) is 4.75. The van der Waals surface area contributed by atoms with Gasteiger partial charge in [0, 0.05) is 17.0 Å². The quantitative estimate of drug-likeness (QED) is 0.739. The van der Waals surface area contributed by atoms with Gasteiger partial charge in [-0.3, -0.25) is 9.89 Å². The van der Waals surface area contributed by atoms with Crippen LogP contribution in [0.25, 0.3) is 10.9 Å². The molecule has 1 aliphatic carbocycles. The number of methoxy groups -OCH3 is 2. The molecule has 1 fully saturated rings. The molecule has 134 valence electrons. The number of fused-ring (bicyclic) bond motifs is 1. The number of benzene rings is 2. The smallest absolute Gasteiger partial charge is 0.275 e. The summed E-state index contributed by atoms with van der Waals surface area (Å²) >= 11 is 0. The van der Waals surface area contributed by atoms with Crippen LogP contribution >= 0.6 is 0 Å². The van der Waals surface area contributed by atoms with Crippen molar-refractivity contribution >= 4 is 16.8 Å². The number of H-pyrrole nitrogens is 1. The number of ether oxygens (including phenoxy) is 2. The van der Waals surface area contributed by atoms with Gasteiger partial charge in [0.1, 0.15) is 11.5 Å². The molecule has 1 amide bonds. The molecule has 6 heteroatoms. The number of carbonyl (C=O) groups is 1. The third kappa shape index (κ3) is 2.98. The van der Waals surface area contributed by atoms with Crippen molar-refractivity contribution < 1.29 is 14.3 Å².